The molecule has 0 aliphatic heterocycles. The molecule has 1 fully saturated rings. The molecule has 0 bridgehead atoms. The van der Waals surface area contributed by atoms with E-state index in [0.717, 1.165) is 12.8 Å². The number of hydrogen-bond acceptors (Lipinski definition) is 2. The van der Waals surface area contributed by atoms with Crippen molar-refractivity contribution >= 4 is 11.9 Å². The first-order valence-corrected chi connectivity index (χ1v) is 5.52. The zero-order valence-corrected chi connectivity index (χ0v) is 9.90. The van der Waals surface area contributed by atoms with Crippen LogP contribution >= 0.6 is 0 Å². The smallest absolute Gasteiger partial charge is 0.309 e. The average molecular weight is 225 g/mol. The Labute approximate surface area is 95.9 Å². The molecular weight excluding hydrogens is 206 g/mol. The summed E-state index contributed by atoms with van der Waals surface area (Å²) in [6, 6.07) is 0.301. The van der Waals surface area contributed by atoms with Crippen LogP contribution in [-0.2, 0) is 9.59 Å². The molecule has 0 atom stereocenters. The molecule has 0 saturated heterocycles. The number of carboxylic acid groups (broad SMARTS) is 1. The van der Waals surface area contributed by atoms with Crippen molar-refractivity contribution in [3.8, 4) is 0 Å². The predicted octanol–water partition coefficient (Wildman–Crippen LogP) is 1.66. The van der Waals surface area contributed by atoms with Gasteiger partial charge in [0, 0.05) is 19.0 Å². The first kappa shape index (κ1) is 12.7. The quantitative estimate of drug-likeness (QED) is 0.699. The number of amides is 1. The van der Waals surface area contributed by atoms with Gasteiger partial charge in [0.1, 0.15) is 0 Å². The largest absolute Gasteiger partial charge is 0.481 e. The van der Waals surface area contributed by atoms with Gasteiger partial charge >= 0.3 is 5.97 Å². The summed E-state index contributed by atoms with van der Waals surface area (Å²) in [5.41, 5.74) is -0.995. The zero-order valence-electron chi connectivity index (χ0n) is 9.90. The maximum absolute atomic E-state index is 11.9. The molecule has 1 rings (SSSR count). The van der Waals surface area contributed by atoms with Crippen molar-refractivity contribution in [3.05, 3.63) is 12.7 Å². The van der Waals surface area contributed by atoms with Crippen LogP contribution in [0.2, 0.25) is 0 Å². The van der Waals surface area contributed by atoms with E-state index in [1.54, 1.807) is 24.8 Å². The average Bonchev–Trinajstić information content (AvgIpc) is 2.96. The van der Waals surface area contributed by atoms with E-state index in [1.807, 2.05) is 0 Å². The second kappa shape index (κ2) is 4.68. The molecule has 4 heteroatoms. The molecule has 16 heavy (non-hydrogen) atoms. The molecule has 0 heterocycles. The Kier molecular flexibility index (Phi) is 3.73. The van der Waals surface area contributed by atoms with Gasteiger partial charge in [-0.05, 0) is 26.7 Å². The number of carbonyl (C=O) groups is 2. The van der Waals surface area contributed by atoms with Crippen molar-refractivity contribution < 1.29 is 14.7 Å². The minimum atomic E-state index is -0.995. The second-order valence-corrected chi connectivity index (χ2v) is 4.93. The Balaban J connectivity index is 2.61. The Morgan fingerprint density at radius 3 is 2.44 bits per heavy atom. The van der Waals surface area contributed by atoms with Gasteiger partial charge in [-0.1, -0.05) is 6.08 Å². The molecule has 0 aromatic heterocycles. The summed E-state index contributed by atoms with van der Waals surface area (Å²) >= 11 is 0. The van der Waals surface area contributed by atoms with E-state index >= 15 is 0 Å². The first-order chi connectivity index (χ1) is 7.38. The van der Waals surface area contributed by atoms with Crippen LogP contribution in [0.25, 0.3) is 0 Å². The molecule has 0 spiro atoms. The monoisotopic (exact) mass is 225 g/mol. The number of nitrogens with zero attached hydrogens (tertiary/aromatic N) is 1. The van der Waals surface area contributed by atoms with Gasteiger partial charge in [-0.15, -0.1) is 6.58 Å². The summed E-state index contributed by atoms with van der Waals surface area (Å²) in [6.07, 6.45) is 3.77. The van der Waals surface area contributed by atoms with E-state index in [9.17, 15) is 9.59 Å². The summed E-state index contributed by atoms with van der Waals surface area (Å²) in [6.45, 7) is 7.28. The van der Waals surface area contributed by atoms with Crippen molar-refractivity contribution in [2.75, 3.05) is 6.54 Å². The molecule has 1 saturated carbocycles. The summed E-state index contributed by atoms with van der Waals surface area (Å²) in [5, 5.41) is 8.97. The lowest BCUT2D eigenvalue weighted by Gasteiger charge is -2.25. The van der Waals surface area contributed by atoms with Gasteiger partial charge in [0.2, 0.25) is 5.91 Å². The minimum Gasteiger partial charge on any atom is -0.481 e. The molecule has 1 aliphatic carbocycles. The third-order valence-corrected chi connectivity index (χ3v) is 2.81. The maximum Gasteiger partial charge on any atom is 0.309 e. The van der Waals surface area contributed by atoms with Gasteiger partial charge < -0.3 is 10.0 Å². The third-order valence-electron chi connectivity index (χ3n) is 2.81. The molecule has 0 aromatic rings. The predicted molar refractivity (Wildman–Crippen MR) is 61.0 cm³/mol. The van der Waals surface area contributed by atoms with Crippen LogP contribution in [0.3, 0.4) is 0 Å². The minimum absolute atomic E-state index is 0.0483. The van der Waals surface area contributed by atoms with Crippen molar-refractivity contribution in [3.63, 3.8) is 0 Å². The van der Waals surface area contributed by atoms with Crippen molar-refractivity contribution in [1.29, 1.82) is 0 Å². The molecule has 1 amide bonds. The lowest BCUT2D eigenvalue weighted by molar-refractivity contribution is -0.151. The topological polar surface area (TPSA) is 57.6 Å². The standard InChI is InChI=1S/C12H19NO3/c1-4-7-13(9-5-6-9)10(14)8-12(2,3)11(15)16/h4,9H,1,5-8H2,2-3H3,(H,15,16). The highest BCUT2D eigenvalue weighted by Crippen LogP contribution is 2.30. The van der Waals surface area contributed by atoms with Crippen LogP contribution < -0.4 is 0 Å². The van der Waals surface area contributed by atoms with E-state index in [0.29, 0.717) is 12.6 Å². The van der Waals surface area contributed by atoms with Crippen LogP contribution in [-0.4, -0.2) is 34.5 Å². The van der Waals surface area contributed by atoms with Crippen molar-refractivity contribution in [1.82, 2.24) is 4.90 Å². The third kappa shape index (κ3) is 3.08. The van der Waals surface area contributed by atoms with E-state index in [-0.39, 0.29) is 12.3 Å². The molecule has 0 unspecified atom stereocenters. The Hall–Kier alpha value is -1.32. The fraction of sp³-hybridized carbons (Fsp3) is 0.667. The number of rotatable bonds is 6. The molecular formula is C12H19NO3. The number of hydrogen-bond donors (Lipinski definition) is 1. The molecule has 1 N–H and O–H groups in total. The van der Waals surface area contributed by atoms with Crippen LogP contribution in [0.15, 0.2) is 12.7 Å². The molecule has 90 valence electrons. The SMILES string of the molecule is C=CCN(C(=O)CC(C)(C)C(=O)O)C1CC1. The van der Waals surface area contributed by atoms with Crippen LogP contribution in [0.5, 0.6) is 0 Å². The van der Waals surface area contributed by atoms with Crippen LogP contribution in [0.1, 0.15) is 33.1 Å². The maximum atomic E-state index is 11.9. The van der Waals surface area contributed by atoms with Gasteiger partial charge in [-0.2, -0.15) is 0 Å². The molecule has 4 nitrogen and oxygen atoms in total. The Morgan fingerprint density at radius 2 is 2.06 bits per heavy atom. The number of carbonyl (C=O) groups excluding carboxylic acids is 1. The summed E-state index contributed by atoms with van der Waals surface area (Å²) in [7, 11) is 0. The highest BCUT2D eigenvalue weighted by atomic mass is 16.4. The highest BCUT2D eigenvalue weighted by molar-refractivity contribution is 5.84. The second-order valence-electron chi connectivity index (χ2n) is 4.93. The summed E-state index contributed by atoms with van der Waals surface area (Å²) < 4.78 is 0. The highest BCUT2D eigenvalue weighted by Gasteiger charge is 2.36. The Bertz CT molecular complexity index is 305. The van der Waals surface area contributed by atoms with Gasteiger partial charge in [-0.3, -0.25) is 9.59 Å². The molecule has 1 aliphatic rings. The lowest BCUT2D eigenvalue weighted by Crippen LogP contribution is -2.38. The first-order valence-electron chi connectivity index (χ1n) is 5.52. The van der Waals surface area contributed by atoms with Gasteiger partial charge in [0.25, 0.3) is 0 Å². The number of aliphatic carboxylic acids is 1. The fourth-order valence-electron chi connectivity index (χ4n) is 1.54. The van der Waals surface area contributed by atoms with E-state index < -0.39 is 11.4 Å². The van der Waals surface area contributed by atoms with Crippen LogP contribution in [0, 0.1) is 5.41 Å². The van der Waals surface area contributed by atoms with Gasteiger partial charge in [-0.25, -0.2) is 0 Å². The molecule has 0 aromatic carbocycles. The Morgan fingerprint density at radius 1 is 1.50 bits per heavy atom. The van der Waals surface area contributed by atoms with E-state index in [1.165, 1.54) is 0 Å². The number of carboxylic acids is 1. The molecule has 0 radical (unpaired) electrons. The fourth-order valence-corrected chi connectivity index (χ4v) is 1.54. The van der Waals surface area contributed by atoms with Crippen molar-refractivity contribution in [2.24, 2.45) is 5.41 Å². The van der Waals surface area contributed by atoms with Gasteiger partial charge in [0.15, 0.2) is 0 Å². The van der Waals surface area contributed by atoms with Gasteiger partial charge in [0.05, 0.1) is 5.41 Å². The van der Waals surface area contributed by atoms with Crippen molar-refractivity contribution in [2.45, 2.75) is 39.2 Å². The van der Waals surface area contributed by atoms with E-state index in [4.69, 9.17) is 5.11 Å². The lowest BCUT2D eigenvalue weighted by atomic mass is 9.89. The zero-order chi connectivity index (χ0) is 12.3. The van der Waals surface area contributed by atoms with E-state index in [2.05, 4.69) is 6.58 Å². The normalized spacial score (nSPS) is 15.6. The summed E-state index contributed by atoms with van der Waals surface area (Å²) in [4.78, 5) is 24.6. The summed E-state index contributed by atoms with van der Waals surface area (Å²) in [5.74, 6) is -1.02. The van der Waals surface area contributed by atoms with Crippen LogP contribution in [0.4, 0.5) is 0 Å².